The first-order chi connectivity index (χ1) is 16.7. The van der Waals surface area contributed by atoms with Crippen molar-refractivity contribution in [3.63, 3.8) is 0 Å². The molecule has 0 aliphatic carbocycles. The molecule has 1 fully saturated rings. The Balaban J connectivity index is 1.65. The summed E-state index contributed by atoms with van der Waals surface area (Å²) in [7, 11) is 0. The first kappa shape index (κ1) is 29.4. The summed E-state index contributed by atoms with van der Waals surface area (Å²) < 4.78 is 6.50. The molecule has 1 aromatic rings. The second kappa shape index (κ2) is 15.3. The summed E-state index contributed by atoms with van der Waals surface area (Å²) in [5.74, 6) is 1.00. The summed E-state index contributed by atoms with van der Waals surface area (Å²) >= 11 is 0. The van der Waals surface area contributed by atoms with E-state index in [0.29, 0.717) is 18.4 Å². The molecule has 1 aliphatic heterocycles. The number of ether oxygens (including phenoxy) is 1. The lowest BCUT2D eigenvalue weighted by Crippen LogP contribution is -2.38. The number of carbonyl (C=O) groups excluding carboxylic acids is 1. The van der Waals surface area contributed by atoms with Crippen LogP contribution < -0.4 is 11.2 Å². The number of hydrogen-bond donors (Lipinski definition) is 4. The largest absolute Gasteiger partial charge is 0.394 e. The fourth-order valence-corrected chi connectivity index (χ4v) is 4.71. The van der Waals surface area contributed by atoms with Crippen molar-refractivity contribution in [1.82, 2.24) is 9.55 Å². The third-order valence-electron chi connectivity index (χ3n) is 6.95. The predicted octanol–water partition coefficient (Wildman–Crippen LogP) is 2.60. The molecule has 1 unspecified atom stereocenters. The van der Waals surface area contributed by atoms with E-state index < -0.39 is 42.4 Å². The van der Waals surface area contributed by atoms with Crippen molar-refractivity contribution < 1.29 is 24.9 Å². The van der Waals surface area contributed by atoms with Gasteiger partial charge in [-0.3, -0.25) is 14.3 Å². The van der Waals surface area contributed by atoms with E-state index in [1.54, 1.807) is 6.92 Å². The van der Waals surface area contributed by atoms with Crippen molar-refractivity contribution in [2.45, 2.75) is 122 Å². The number of rotatable bonds is 17. The van der Waals surface area contributed by atoms with Crippen molar-refractivity contribution in [1.29, 1.82) is 0 Å². The number of nitrogens with zero attached hydrogens (tertiary/aromatic N) is 1. The molecule has 4 N–H and O–H groups in total. The number of ketones is 1. The molecule has 0 amide bonds. The van der Waals surface area contributed by atoms with Crippen LogP contribution in [-0.4, -0.2) is 55.6 Å². The summed E-state index contributed by atoms with van der Waals surface area (Å²) in [5, 5.41) is 29.4. The van der Waals surface area contributed by atoms with Gasteiger partial charge >= 0.3 is 5.69 Å². The van der Waals surface area contributed by atoms with E-state index >= 15 is 0 Å². The summed E-state index contributed by atoms with van der Waals surface area (Å²) in [6, 6.07) is 0. The summed E-state index contributed by atoms with van der Waals surface area (Å²) in [5.41, 5.74) is -0.744. The zero-order chi connectivity index (χ0) is 25.8. The zero-order valence-corrected chi connectivity index (χ0v) is 21.3. The number of carbonyl (C=O) groups is 1. The molecule has 5 atom stereocenters. The highest BCUT2D eigenvalue weighted by atomic mass is 16.6. The number of hydrogen-bond acceptors (Lipinski definition) is 7. The first-order valence-corrected chi connectivity index (χ1v) is 13.2. The first-order valence-electron chi connectivity index (χ1n) is 13.2. The average molecular weight is 497 g/mol. The standard InChI is InChI=1S/C26H44N2O7/c1-18(13-9-6-7-10-14-19(2)30)12-8-4-3-5-11-15-20-16-28(26(34)27-24(20)33)25-23(32)22(31)21(17-29)35-25/h16,18,21-23,25,29,31-32H,3-15,17H2,1-2H3,(H,27,33,34)/t18?,21-,22-,23-,25-/m1/s1. The monoisotopic (exact) mass is 496 g/mol. The fourth-order valence-electron chi connectivity index (χ4n) is 4.71. The number of H-pyrrole nitrogens is 1. The lowest BCUT2D eigenvalue weighted by molar-refractivity contribution is -0.117. The molecule has 1 saturated heterocycles. The Morgan fingerprint density at radius 2 is 1.60 bits per heavy atom. The molecule has 2 heterocycles. The Morgan fingerprint density at radius 3 is 2.20 bits per heavy atom. The molecule has 0 saturated carbocycles. The Morgan fingerprint density at radius 1 is 1.00 bits per heavy atom. The molecule has 1 aliphatic rings. The molecule has 9 heteroatoms. The number of unbranched alkanes of at least 4 members (excludes halogenated alkanes) is 7. The van der Waals surface area contributed by atoms with Gasteiger partial charge in [-0.05, 0) is 32.1 Å². The summed E-state index contributed by atoms with van der Waals surface area (Å²) in [6.45, 7) is 3.48. The number of aliphatic hydroxyl groups excluding tert-OH is 3. The van der Waals surface area contributed by atoms with Gasteiger partial charge < -0.3 is 24.9 Å². The third kappa shape index (κ3) is 9.63. The van der Waals surface area contributed by atoms with Crippen LogP contribution in [0, 0.1) is 5.92 Å². The van der Waals surface area contributed by atoms with Crippen molar-refractivity contribution in [3.8, 4) is 0 Å². The molecular weight excluding hydrogens is 452 g/mol. The van der Waals surface area contributed by atoms with Gasteiger partial charge in [-0.1, -0.05) is 64.7 Å². The lowest BCUT2D eigenvalue weighted by Gasteiger charge is -2.18. The normalized spacial score (nSPS) is 23.0. The Kier molecular flexibility index (Phi) is 12.9. The maximum atomic E-state index is 12.2. The molecule has 9 nitrogen and oxygen atoms in total. The highest BCUT2D eigenvalue weighted by Crippen LogP contribution is 2.28. The molecule has 0 radical (unpaired) electrons. The number of aromatic amines is 1. The van der Waals surface area contributed by atoms with Crippen LogP contribution in [0.15, 0.2) is 15.8 Å². The zero-order valence-electron chi connectivity index (χ0n) is 21.3. The van der Waals surface area contributed by atoms with Gasteiger partial charge in [0.05, 0.1) is 6.61 Å². The van der Waals surface area contributed by atoms with Crippen LogP contribution in [0.3, 0.4) is 0 Å². The van der Waals surface area contributed by atoms with E-state index in [9.17, 15) is 29.7 Å². The van der Waals surface area contributed by atoms with Crippen LogP contribution in [0.25, 0.3) is 0 Å². The van der Waals surface area contributed by atoms with E-state index in [0.717, 1.165) is 49.0 Å². The van der Waals surface area contributed by atoms with Crippen molar-refractivity contribution in [3.05, 3.63) is 32.6 Å². The van der Waals surface area contributed by atoms with Crippen LogP contribution in [0.5, 0.6) is 0 Å². The number of nitrogens with one attached hydrogen (secondary N) is 1. The lowest BCUT2D eigenvalue weighted by atomic mass is 9.96. The molecule has 1 aromatic heterocycles. The van der Waals surface area contributed by atoms with Gasteiger partial charge in [-0.15, -0.1) is 0 Å². The number of aliphatic hydroxyl groups is 3. The minimum atomic E-state index is -1.38. The second-order valence-corrected chi connectivity index (χ2v) is 10.1. The van der Waals surface area contributed by atoms with Gasteiger partial charge in [0.25, 0.3) is 5.56 Å². The van der Waals surface area contributed by atoms with Gasteiger partial charge in [0.1, 0.15) is 24.1 Å². The number of aromatic nitrogens is 2. The molecule has 0 bridgehead atoms. The van der Waals surface area contributed by atoms with Gasteiger partial charge in [0.15, 0.2) is 6.23 Å². The molecule has 0 spiro atoms. The fraction of sp³-hybridized carbons (Fsp3) is 0.808. The van der Waals surface area contributed by atoms with Crippen molar-refractivity contribution in [2.24, 2.45) is 5.92 Å². The van der Waals surface area contributed by atoms with E-state index in [4.69, 9.17) is 4.74 Å². The minimum absolute atomic E-state index is 0.283. The van der Waals surface area contributed by atoms with Crippen molar-refractivity contribution >= 4 is 5.78 Å². The van der Waals surface area contributed by atoms with Crippen LogP contribution in [-0.2, 0) is 16.0 Å². The third-order valence-corrected chi connectivity index (χ3v) is 6.95. The second-order valence-electron chi connectivity index (χ2n) is 10.1. The Labute approximate surface area is 207 Å². The molecule has 200 valence electrons. The highest BCUT2D eigenvalue weighted by molar-refractivity contribution is 5.75. The summed E-state index contributed by atoms with van der Waals surface area (Å²) in [6.07, 6.45) is 10.1. The maximum Gasteiger partial charge on any atom is 0.330 e. The Hall–Kier alpha value is -1.81. The van der Waals surface area contributed by atoms with Gasteiger partial charge in [-0.2, -0.15) is 0 Å². The highest BCUT2D eigenvalue weighted by Gasteiger charge is 2.43. The van der Waals surface area contributed by atoms with E-state index in [1.165, 1.54) is 38.3 Å². The van der Waals surface area contributed by atoms with Gasteiger partial charge in [-0.25, -0.2) is 4.79 Å². The molecule has 0 aromatic carbocycles. The van der Waals surface area contributed by atoms with Crippen LogP contribution in [0.4, 0.5) is 0 Å². The average Bonchev–Trinajstić information content (AvgIpc) is 3.10. The van der Waals surface area contributed by atoms with E-state index in [1.807, 2.05) is 0 Å². The predicted molar refractivity (Wildman–Crippen MR) is 133 cm³/mol. The smallest absolute Gasteiger partial charge is 0.330 e. The van der Waals surface area contributed by atoms with Crippen LogP contribution in [0.2, 0.25) is 0 Å². The van der Waals surface area contributed by atoms with Crippen molar-refractivity contribution in [2.75, 3.05) is 6.61 Å². The van der Waals surface area contributed by atoms with E-state index in [-0.39, 0.29) is 5.78 Å². The molecule has 2 rings (SSSR count). The summed E-state index contributed by atoms with van der Waals surface area (Å²) in [4.78, 5) is 37.6. The number of aryl methyl sites for hydroxylation is 1. The molecule has 35 heavy (non-hydrogen) atoms. The van der Waals surface area contributed by atoms with Gasteiger partial charge in [0.2, 0.25) is 0 Å². The SMILES string of the molecule is CC(=O)CCCCCCC(C)CCCCCCCc1cn([C@@H]2O[C@H](CO)[C@@H](O)[C@H]2O)c(=O)[nH]c1=O. The van der Waals surface area contributed by atoms with Crippen LogP contribution >= 0.6 is 0 Å². The van der Waals surface area contributed by atoms with Gasteiger partial charge in [0, 0.05) is 18.2 Å². The number of Topliss-reactive ketones (excluding diaryl/α,β-unsaturated/α-hetero) is 1. The maximum absolute atomic E-state index is 12.2. The topological polar surface area (TPSA) is 142 Å². The van der Waals surface area contributed by atoms with Crippen LogP contribution in [0.1, 0.15) is 103 Å². The van der Waals surface area contributed by atoms with E-state index in [2.05, 4.69) is 11.9 Å². The molecular formula is C26H44N2O7. The quantitative estimate of drug-likeness (QED) is 0.243. The Bertz CT molecular complexity index is 881. The minimum Gasteiger partial charge on any atom is -0.394 e.